The molecule has 0 spiro atoms. The van der Waals surface area contributed by atoms with Crippen LogP contribution >= 0.6 is 7.82 Å². The van der Waals surface area contributed by atoms with Crippen LogP contribution in [0.15, 0.2) is 0 Å². The molecule has 0 rings (SSSR count). The molecule has 0 amide bonds. The van der Waals surface area contributed by atoms with Crippen molar-refractivity contribution in [3.63, 3.8) is 0 Å². The highest BCUT2D eigenvalue weighted by atomic mass is 31.2. The molecule has 0 fully saturated rings. The highest BCUT2D eigenvalue weighted by Gasteiger charge is 2.11. The lowest BCUT2D eigenvalue weighted by atomic mass is 10.5. The summed E-state index contributed by atoms with van der Waals surface area (Å²) in [7, 11) is -4.25. The van der Waals surface area contributed by atoms with Crippen LogP contribution in [0.5, 0.6) is 0 Å². The summed E-state index contributed by atoms with van der Waals surface area (Å²) in [4.78, 5) is 16.2. The van der Waals surface area contributed by atoms with Crippen LogP contribution in [0.2, 0.25) is 0 Å². The molecular formula is C3H12NO5P. The van der Waals surface area contributed by atoms with E-state index in [1.807, 2.05) is 0 Å². The molecule has 0 aliphatic carbocycles. The third-order valence-corrected chi connectivity index (χ3v) is 1.13. The summed E-state index contributed by atoms with van der Waals surface area (Å²) in [6, 6.07) is 0. The molecule has 0 saturated carbocycles. The van der Waals surface area contributed by atoms with Crippen LogP contribution in [-0.2, 0) is 9.09 Å². The molecule has 0 saturated heterocycles. The Morgan fingerprint density at radius 1 is 1.50 bits per heavy atom. The zero-order valence-electron chi connectivity index (χ0n) is 5.36. The van der Waals surface area contributed by atoms with E-state index in [-0.39, 0.29) is 12.1 Å². The normalized spacial score (nSPS) is 10.7. The second-order valence-corrected chi connectivity index (χ2v) is 2.71. The third-order valence-electron chi connectivity index (χ3n) is 0.608. The molecule has 6 nitrogen and oxygen atoms in total. The van der Waals surface area contributed by atoms with Crippen LogP contribution < -0.4 is 5.73 Å². The summed E-state index contributed by atoms with van der Waals surface area (Å²) in [6.07, 6.45) is 0.463. The quantitative estimate of drug-likeness (QED) is 0.357. The van der Waals surface area contributed by atoms with Gasteiger partial charge in [0.2, 0.25) is 0 Å². The Kier molecular flexibility index (Phi) is 7.34. The van der Waals surface area contributed by atoms with E-state index in [0.29, 0.717) is 13.0 Å². The molecule has 0 radical (unpaired) electrons. The minimum Gasteiger partial charge on any atom is -0.412 e. The van der Waals surface area contributed by atoms with Gasteiger partial charge in [0.1, 0.15) is 0 Å². The van der Waals surface area contributed by atoms with Crippen LogP contribution in [-0.4, -0.2) is 28.4 Å². The molecule has 6 N–H and O–H groups in total. The molecule has 0 heterocycles. The summed E-state index contributed by atoms with van der Waals surface area (Å²) in [5.41, 5.74) is 5.02. The van der Waals surface area contributed by atoms with Crippen LogP contribution in [0.4, 0.5) is 0 Å². The number of rotatable bonds is 4. The van der Waals surface area contributed by atoms with E-state index in [2.05, 4.69) is 4.52 Å². The SMILES string of the molecule is NCCCOP(=O)(O)O.O. The van der Waals surface area contributed by atoms with Gasteiger partial charge in [0.25, 0.3) is 0 Å². The molecular weight excluding hydrogens is 161 g/mol. The zero-order chi connectivity index (χ0) is 7.33. The van der Waals surface area contributed by atoms with Gasteiger partial charge in [-0.2, -0.15) is 0 Å². The Bertz CT molecular complexity index is 111. The fourth-order valence-corrected chi connectivity index (χ4v) is 0.634. The summed E-state index contributed by atoms with van der Waals surface area (Å²) < 4.78 is 14.0. The van der Waals surface area contributed by atoms with Gasteiger partial charge in [0, 0.05) is 0 Å². The molecule has 10 heavy (non-hydrogen) atoms. The maximum atomic E-state index is 9.94. The van der Waals surface area contributed by atoms with Crippen molar-refractivity contribution in [3.05, 3.63) is 0 Å². The van der Waals surface area contributed by atoms with E-state index in [4.69, 9.17) is 15.5 Å². The Hall–Kier alpha value is 0.0300. The highest BCUT2D eigenvalue weighted by Crippen LogP contribution is 2.35. The van der Waals surface area contributed by atoms with Crippen molar-refractivity contribution in [1.29, 1.82) is 0 Å². The Morgan fingerprint density at radius 2 is 2.00 bits per heavy atom. The van der Waals surface area contributed by atoms with Crippen molar-refractivity contribution in [2.45, 2.75) is 6.42 Å². The average Bonchev–Trinajstić information content (AvgIpc) is 1.63. The first-order chi connectivity index (χ1) is 4.06. The number of phosphoric ester groups is 1. The fraction of sp³-hybridized carbons (Fsp3) is 1.00. The minimum absolute atomic E-state index is 0. The Morgan fingerprint density at radius 3 is 2.30 bits per heavy atom. The van der Waals surface area contributed by atoms with Gasteiger partial charge in [-0.05, 0) is 13.0 Å². The first-order valence-corrected chi connectivity index (χ1v) is 3.99. The molecule has 64 valence electrons. The van der Waals surface area contributed by atoms with Crippen LogP contribution in [0.1, 0.15) is 6.42 Å². The van der Waals surface area contributed by atoms with Gasteiger partial charge < -0.3 is 21.0 Å². The van der Waals surface area contributed by atoms with E-state index >= 15 is 0 Å². The van der Waals surface area contributed by atoms with Crippen molar-refractivity contribution in [2.24, 2.45) is 5.73 Å². The van der Waals surface area contributed by atoms with Crippen molar-refractivity contribution in [2.75, 3.05) is 13.2 Å². The predicted octanol–water partition coefficient (Wildman–Crippen LogP) is -1.38. The molecule has 0 bridgehead atoms. The van der Waals surface area contributed by atoms with E-state index in [1.54, 1.807) is 0 Å². The first kappa shape index (κ1) is 12.7. The van der Waals surface area contributed by atoms with Gasteiger partial charge in [-0.15, -0.1) is 0 Å². The highest BCUT2D eigenvalue weighted by molar-refractivity contribution is 7.46. The van der Waals surface area contributed by atoms with Gasteiger partial charge >= 0.3 is 7.82 Å². The Balaban J connectivity index is 0. The van der Waals surface area contributed by atoms with Crippen molar-refractivity contribution in [3.8, 4) is 0 Å². The zero-order valence-corrected chi connectivity index (χ0v) is 6.25. The average molecular weight is 173 g/mol. The lowest BCUT2D eigenvalue weighted by Crippen LogP contribution is -2.02. The van der Waals surface area contributed by atoms with Crippen LogP contribution in [0, 0.1) is 0 Å². The maximum Gasteiger partial charge on any atom is 0.469 e. The van der Waals surface area contributed by atoms with Gasteiger partial charge in [-0.25, -0.2) is 4.57 Å². The van der Waals surface area contributed by atoms with E-state index in [1.165, 1.54) is 0 Å². The summed E-state index contributed by atoms with van der Waals surface area (Å²) in [5, 5.41) is 0. The smallest absolute Gasteiger partial charge is 0.412 e. The van der Waals surface area contributed by atoms with E-state index in [0.717, 1.165) is 0 Å². The molecule has 0 aromatic heterocycles. The third kappa shape index (κ3) is 10.9. The second kappa shape index (κ2) is 5.79. The molecule has 0 atom stereocenters. The number of hydrogen-bond acceptors (Lipinski definition) is 3. The maximum absolute atomic E-state index is 9.94. The van der Waals surface area contributed by atoms with Gasteiger partial charge in [-0.1, -0.05) is 0 Å². The van der Waals surface area contributed by atoms with Gasteiger partial charge in [0.15, 0.2) is 0 Å². The van der Waals surface area contributed by atoms with Gasteiger partial charge in [-0.3, -0.25) is 4.52 Å². The van der Waals surface area contributed by atoms with Crippen LogP contribution in [0.25, 0.3) is 0 Å². The largest absolute Gasteiger partial charge is 0.469 e. The monoisotopic (exact) mass is 173 g/mol. The molecule has 0 aliphatic rings. The van der Waals surface area contributed by atoms with Crippen molar-refractivity contribution in [1.82, 2.24) is 0 Å². The second-order valence-electron chi connectivity index (χ2n) is 1.47. The lowest BCUT2D eigenvalue weighted by Gasteiger charge is -2.02. The molecule has 7 heteroatoms. The number of nitrogens with two attached hydrogens (primary N) is 1. The van der Waals surface area contributed by atoms with Crippen molar-refractivity contribution >= 4 is 7.82 Å². The molecule has 0 unspecified atom stereocenters. The van der Waals surface area contributed by atoms with Crippen LogP contribution in [0.3, 0.4) is 0 Å². The molecule has 0 aliphatic heterocycles. The van der Waals surface area contributed by atoms with E-state index < -0.39 is 7.82 Å². The van der Waals surface area contributed by atoms with E-state index in [9.17, 15) is 4.57 Å². The lowest BCUT2D eigenvalue weighted by molar-refractivity contribution is 0.196. The number of phosphoric acid groups is 1. The fourth-order valence-electron chi connectivity index (χ4n) is 0.267. The minimum atomic E-state index is -4.25. The molecule has 0 aromatic carbocycles. The van der Waals surface area contributed by atoms with Crippen molar-refractivity contribution < 1.29 is 24.4 Å². The molecule has 0 aromatic rings. The predicted molar refractivity (Wildman–Crippen MR) is 35.3 cm³/mol. The summed E-state index contributed by atoms with van der Waals surface area (Å²) in [5.74, 6) is 0. The summed E-state index contributed by atoms with van der Waals surface area (Å²) >= 11 is 0. The van der Waals surface area contributed by atoms with Gasteiger partial charge in [0.05, 0.1) is 6.61 Å². The topological polar surface area (TPSA) is 124 Å². The first-order valence-electron chi connectivity index (χ1n) is 2.46. The summed E-state index contributed by atoms with van der Waals surface area (Å²) in [6.45, 7) is 0.390. The Labute approximate surface area is 58.5 Å². The number of hydrogen-bond donors (Lipinski definition) is 3. The standard InChI is InChI=1S/C3H10NO4P.H2O/c4-2-1-3-8-9(5,6)7;/h1-4H2,(H2,5,6,7);1H2.